The molecule has 1 atom stereocenters. The quantitative estimate of drug-likeness (QED) is 0.879. The Hall–Kier alpha value is -1.81. The lowest BCUT2D eigenvalue weighted by atomic mass is 9.71. The van der Waals surface area contributed by atoms with Crippen LogP contribution in [0.5, 0.6) is 0 Å². The molecule has 1 aliphatic rings. The summed E-state index contributed by atoms with van der Waals surface area (Å²) in [5.74, 6) is 0.0478. The van der Waals surface area contributed by atoms with Crippen molar-refractivity contribution in [2.45, 2.75) is 39.7 Å². The highest BCUT2D eigenvalue weighted by molar-refractivity contribution is 5.99. The number of nitrogens with zero attached hydrogens (tertiary/aromatic N) is 2. The van der Waals surface area contributed by atoms with Crippen LogP contribution in [0.3, 0.4) is 0 Å². The minimum atomic E-state index is -0.737. The smallest absolute Gasteiger partial charge is 0.270 e. The zero-order chi connectivity index (χ0) is 17.0. The number of hydrogen-bond donors (Lipinski definition) is 1. The van der Waals surface area contributed by atoms with Gasteiger partial charge in [0.05, 0.1) is 11.1 Å². The van der Waals surface area contributed by atoms with Crippen molar-refractivity contribution in [2.75, 3.05) is 13.1 Å². The second-order valence-corrected chi connectivity index (χ2v) is 7.74. The molecule has 2 aromatic rings. The largest absolute Gasteiger partial charge is 0.389 e. The highest BCUT2D eigenvalue weighted by Gasteiger charge is 2.45. The van der Waals surface area contributed by atoms with E-state index >= 15 is 0 Å². The van der Waals surface area contributed by atoms with Crippen molar-refractivity contribution in [1.82, 2.24) is 9.47 Å². The maximum absolute atomic E-state index is 13.0. The molecule has 1 saturated heterocycles. The highest BCUT2D eigenvalue weighted by Crippen LogP contribution is 2.38. The molecule has 1 amide bonds. The van der Waals surface area contributed by atoms with Crippen molar-refractivity contribution in [1.29, 1.82) is 0 Å². The van der Waals surface area contributed by atoms with Crippen LogP contribution in [0.1, 0.15) is 43.2 Å². The number of hydrogen-bond acceptors (Lipinski definition) is 2. The average molecular weight is 314 g/mol. The lowest BCUT2D eigenvalue weighted by Crippen LogP contribution is -2.57. The molecule has 0 spiro atoms. The van der Waals surface area contributed by atoms with E-state index in [4.69, 9.17) is 0 Å². The van der Waals surface area contributed by atoms with Crippen LogP contribution in [0, 0.1) is 12.3 Å². The maximum atomic E-state index is 13.0. The van der Waals surface area contributed by atoms with Gasteiger partial charge in [0.1, 0.15) is 5.69 Å². The molecule has 3 rings (SSSR count). The molecule has 23 heavy (non-hydrogen) atoms. The van der Waals surface area contributed by atoms with Crippen LogP contribution in [0.15, 0.2) is 24.3 Å². The van der Waals surface area contributed by atoms with Crippen LogP contribution in [0.25, 0.3) is 10.9 Å². The van der Waals surface area contributed by atoms with Crippen LogP contribution in [-0.4, -0.2) is 39.2 Å². The molecule has 4 nitrogen and oxygen atoms in total. The predicted octanol–water partition coefficient (Wildman–Crippen LogP) is 3.11. The third-order valence-electron chi connectivity index (χ3n) is 5.68. The number of piperidine rings is 1. The van der Waals surface area contributed by atoms with Crippen molar-refractivity contribution in [3.8, 4) is 0 Å². The van der Waals surface area contributed by atoms with Gasteiger partial charge in [-0.1, -0.05) is 32.0 Å². The Kier molecular flexibility index (Phi) is 3.56. The van der Waals surface area contributed by atoms with Crippen molar-refractivity contribution < 1.29 is 9.90 Å². The van der Waals surface area contributed by atoms with E-state index in [9.17, 15) is 9.90 Å². The lowest BCUT2D eigenvalue weighted by molar-refractivity contribution is -0.0972. The number of carbonyl (C=O) groups is 1. The number of aliphatic hydroxyl groups is 1. The lowest BCUT2D eigenvalue weighted by Gasteiger charge is -2.48. The van der Waals surface area contributed by atoms with E-state index < -0.39 is 5.60 Å². The number of aryl methyl sites for hydroxylation is 2. The summed E-state index contributed by atoms with van der Waals surface area (Å²) in [7, 11) is 1.95. The van der Waals surface area contributed by atoms with E-state index in [1.807, 2.05) is 55.5 Å². The third kappa shape index (κ3) is 2.45. The van der Waals surface area contributed by atoms with Gasteiger partial charge in [0.25, 0.3) is 5.91 Å². The topological polar surface area (TPSA) is 45.5 Å². The third-order valence-corrected chi connectivity index (χ3v) is 5.68. The summed E-state index contributed by atoms with van der Waals surface area (Å²) in [6, 6.07) is 8.11. The average Bonchev–Trinajstić information content (AvgIpc) is 2.80. The number of amides is 1. The number of fused-ring (bicyclic) bond motifs is 1. The van der Waals surface area contributed by atoms with E-state index in [-0.39, 0.29) is 11.3 Å². The van der Waals surface area contributed by atoms with Gasteiger partial charge in [-0.15, -0.1) is 0 Å². The van der Waals surface area contributed by atoms with Gasteiger partial charge in [0.15, 0.2) is 0 Å². The molecule has 1 aromatic heterocycles. The van der Waals surface area contributed by atoms with Gasteiger partial charge in [-0.3, -0.25) is 4.79 Å². The summed E-state index contributed by atoms with van der Waals surface area (Å²) >= 11 is 0. The summed E-state index contributed by atoms with van der Waals surface area (Å²) < 4.78 is 1.99. The highest BCUT2D eigenvalue weighted by atomic mass is 16.3. The van der Waals surface area contributed by atoms with Gasteiger partial charge < -0.3 is 14.6 Å². The first-order chi connectivity index (χ1) is 10.6. The fourth-order valence-electron chi connectivity index (χ4n) is 3.58. The molecule has 0 unspecified atom stereocenters. The number of rotatable bonds is 1. The fourth-order valence-corrected chi connectivity index (χ4v) is 3.58. The number of benzene rings is 1. The Morgan fingerprint density at radius 2 is 1.96 bits per heavy atom. The molecule has 4 heteroatoms. The Balaban J connectivity index is 1.96. The molecular formula is C19H26N2O2. The van der Waals surface area contributed by atoms with Crippen LogP contribution in [0.4, 0.5) is 0 Å². The molecule has 124 valence electrons. The van der Waals surface area contributed by atoms with Gasteiger partial charge in [-0.2, -0.15) is 0 Å². The number of likely N-dealkylation sites (tertiary alicyclic amines) is 1. The minimum Gasteiger partial charge on any atom is -0.389 e. The molecule has 1 aliphatic heterocycles. The molecule has 0 bridgehead atoms. The Morgan fingerprint density at radius 1 is 1.26 bits per heavy atom. The van der Waals surface area contributed by atoms with Crippen LogP contribution in [0.2, 0.25) is 0 Å². The van der Waals surface area contributed by atoms with E-state index in [1.54, 1.807) is 0 Å². The molecule has 1 N–H and O–H groups in total. The minimum absolute atomic E-state index is 0.0478. The molecule has 1 fully saturated rings. The van der Waals surface area contributed by atoms with E-state index in [0.29, 0.717) is 25.2 Å². The fraction of sp³-hybridized carbons (Fsp3) is 0.526. The number of para-hydroxylation sites is 1. The van der Waals surface area contributed by atoms with Crippen molar-refractivity contribution in [3.05, 3.63) is 35.5 Å². The van der Waals surface area contributed by atoms with Crippen LogP contribution >= 0.6 is 0 Å². The second-order valence-electron chi connectivity index (χ2n) is 7.74. The maximum Gasteiger partial charge on any atom is 0.270 e. The zero-order valence-electron chi connectivity index (χ0n) is 14.7. The standard InChI is InChI=1S/C19H26N2O2/c1-13-7-6-8-14-11-15(20(5)16(13)14)17(22)21-10-9-19(4,23)18(2,3)12-21/h6-8,11,23H,9-10,12H2,1-5H3/t19-/m1/s1. The summed E-state index contributed by atoms with van der Waals surface area (Å²) in [4.78, 5) is 14.9. The second kappa shape index (κ2) is 5.10. The first kappa shape index (κ1) is 16.1. The Morgan fingerprint density at radius 3 is 2.57 bits per heavy atom. The van der Waals surface area contributed by atoms with Crippen LogP contribution < -0.4 is 0 Å². The zero-order valence-corrected chi connectivity index (χ0v) is 14.7. The molecule has 1 aromatic carbocycles. The van der Waals surface area contributed by atoms with Gasteiger partial charge in [-0.25, -0.2) is 0 Å². The molecule has 0 aliphatic carbocycles. The summed E-state index contributed by atoms with van der Waals surface area (Å²) in [6.45, 7) is 9.15. The first-order valence-electron chi connectivity index (χ1n) is 8.21. The first-order valence-corrected chi connectivity index (χ1v) is 8.21. The van der Waals surface area contributed by atoms with Crippen molar-refractivity contribution in [3.63, 3.8) is 0 Å². The van der Waals surface area contributed by atoms with Gasteiger partial charge in [0.2, 0.25) is 0 Å². The summed E-state index contributed by atoms with van der Waals surface area (Å²) in [5.41, 5.74) is 1.94. The molecule has 0 saturated carbocycles. The van der Waals surface area contributed by atoms with Crippen LogP contribution in [-0.2, 0) is 7.05 Å². The SMILES string of the molecule is Cc1cccc2cc(C(=O)N3CC[C@@](C)(O)C(C)(C)C3)n(C)c12. The number of carbonyl (C=O) groups excluding carboxylic acids is 1. The normalized spacial score (nSPS) is 24.2. The molecule has 2 heterocycles. The van der Waals surface area contributed by atoms with E-state index in [1.165, 1.54) is 5.56 Å². The Bertz CT molecular complexity index is 771. The Labute approximate surface area is 137 Å². The van der Waals surface area contributed by atoms with Crippen molar-refractivity contribution in [2.24, 2.45) is 12.5 Å². The van der Waals surface area contributed by atoms with Gasteiger partial charge in [-0.05, 0) is 31.9 Å². The summed E-state index contributed by atoms with van der Waals surface area (Å²) in [6.07, 6.45) is 0.606. The van der Waals surface area contributed by atoms with Gasteiger partial charge in [0, 0.05) is 30.9 Å². The monoisotopic (exact) mass is 314 g/mol. The number of aromatic nitrogens is 1. The van der Waals surface area contributed by atoms with Crippen molar-refractivity contribution >= 4 is 16.8 Å². The van der Waals surface area contributed by atoms with E-state index in [2.05, 4.69) is 13.0 Å². The molecule has 0 radical (unpaired) electrons. The summed E-state index contributed by atoms with van der Waals surface area (Å²) in [5, 5.41) is 11.6. The predicted molar refractivity (Wildman–Crippen MR) is 92.6 cm³/mol. The van der Waals surface area contributed by atoms with Gasteiger partial charge >= 0.3 is 0 Å². The van der Waals surface area contributed by atoms with E-state index in [0.717, 1.165) is 10.9 Å². The molecular weight excluding hydrogens is 288 g/mol.